The molecule has 1 aromatic rings. The minimum atomic E-state index is -0.367. The van der Waals surface area contributed by atoms with Crippen molar-refractivity contribution in [3.63, 3.8) is 0 Å². The predicted octanol–water partition coefficient (Wildman–Crippen LogP) is 2.81. The smallest absolute Gasteiger partial charge is 0.0912 e. The molecule has 0 aliphatic carbocycles. The molecule has 12 heavy (non-hydrogen) atoms. The predicted molar refractivity (Wildman–Crippen MR) is 51.7 cm³/mol. The SMILES string of the molecule is N[C@H](CCF)c1cccc(Br)c1. The van der Waals surface area contributed by atoms with Gasteiger partial charge in [-0.05, 0) is 24.1 Å². The van der Waals surface area contributed by atoms with Gasteiger partial charge < -0.3 is 5.73 Å². The Balaban J connectivity index is 2.73. The highest BCUT2D eigenvalue weighted by molar-refractivity contribution is 9.10. The van der Waals surface area contributed by atoms with Crippen LogP contribution in [0.25, 0.3) is 0 Å². The maximum Gasteiger partial charge on any atom is 0.0912 e. The molecular weight excluding hydrogens is 221 g/mol. The molecule has 0 saturated heterocycles. The van der Waals surface area contributed by atoms with Gasteiger partial charge in [-0.25, -0.2) is 0 Å². The van der Waals surface area contributed by atoms with Crippen molar-refractivity contribution in [3.8, 4) is 0 Å². The van der Waals surface area contributed by atoms with E-state index in [2.05, 4.69) is 15.9 Å². The van der Waals surface area contributed by atoms with Crippen LogP contribution < -0.4 is 5.73 Å². The molecule has 0 unspecified atom stereocenters. The van der Waals surface area contributed by atoms with E-state index in [1.807, 2.05) is 24.3 Å². The molecule has 3 heteroatoms. The highest BCUT2D eigenvalue weighted by Crippen LogP contribution is 2.18. The molecule has 0 bridgehead atoms. The lowest BCUT2D eigenvalue weighted by atomic mass is 10.1. The van der Waals surface area contributed by atoms with Gasteiger partial charge in [-0.3, -0.25) is 4.39 Å². The van der Waals surface area contributed by atoms with Crippen molar-refractivity contribution in [3.05, 3.63) is 34.3 Å². The largest absolute Gasteiger partial charge is 0.324 e. The van der Waals surface area contributed by atoms with E-state index in [1.165, 1.54) is 0 Å². The van der Waals surface area contributed by atoms with E-state index >= 15 is 0 Å². The molecule has 0 saturated carbocycles. The van der Waals surface area contributed by atoms with E-state index in [9.17, 15) is 4.39 Å². The van der Waals surface area contributed by atoms with E-state index in [0.29, 0.717) is 6.42 Å². The highest BCUT2D eigenvalue weighted by atomic mass is 79.9. The topological polar surface area (TPSA) is 26.0 Å². The van der Waals surface area contributed by atoms with Gasteiger partial charge in [0.2, 0.25) is 0 Å². The number of hydrogen-bond donors (Lipinski definition) is 1. The van der Waals surface area contributed by atoms with E-state index < -0.39 is 0 Å². The maximum absolute atomic E-state index is 11.9. The van der Waals surface area contributed by atoms with E-state index in [1.54, 1.807) is 0 Å². The van der Waals surface area contributed by atoms with Crippen LogP contribution in [0.15, 0.2) is 28.7 Å². The first-order valence-corrected chi connectivity index (χ1v) is 4.60. The lowest BCUT2D eigenvalue weighted by Crippen LogP contribution is -2.10. The molecule has 1 nitrogen and oxygen atoms in total. The Morgan fingerprint density at radius 3 is 2.83 bits per heavy atom. The van der Waals surface area contributed by atoms with E-state index in [4.69, 9.17) is 5.73 Å². The van der Waals surface area contributed by atoms with Crippen LogP contribution in [0.1, 0.15) is 18.0 Å². The summed E-state index contributed by atoms with van der Waals surface area (Å²) in [6.45, 7) is -0.367. The van der Waals surface area contributed by atoms with E-state index in [-0.39, 0.29) is 12.7 Å². The van der Waals surface area contributed by atoms with Crippen LogP contribution in [0.5, 0.6) is 0 Å². The van der Waals surface area contributed by atoms with Crippen molar-refractivity contribution in [1.82, 2.24) is 0 Å². The van der Waals surface area contributed by atoms with Crippen LogP contribution in [0, 0.1) is 0 Å². The molecule has 1 atom stereocenters. The summed E-state index contributed by atoms with van der Waals surface area (Å²) >= 11 is 3.33. The van der Waals surface area contributed by atoms with Crippen LogP contribution in [0.3, 0.4) is 0 Å². The molecule has 66 valence electrons. The van der Waals surface area contributed by atoms with Crippen LogP contribution in [-0.4, -0.2) is 6.67 Å². The molecule has 0 fully saturated rings. The van der Waals surface area contributed by atoms with Gasteiger partial charge in [0.1, 0.15) is 0 Å². The minimum Gasteiger partial charge on any atom is -0.324 e. The Hall–Kier alpha value is -0.410. The molecule has 2 N–H and O–H groups in total. The molecule has 0 spiro atoms. The normalized spacial score (nSPS) is 12.9. The molecule has 0 aliphatic rings. The summed E-state index contributed by atoms with van der Waals surface area (Å²) < 4.78 is 12.9. The van der Waals surface area contributed by atoms with Crippen molar-refractivity contribution in [2.24, 2.45) is 5.73 Å². The molecule has 0 aromatic heterocycles. The Kier molecular flexibility index (Phi) is 3.69. The van der Waals surface area contributed by atoms with Gasteiger partial charge in [-0.1, -0.05) is 28.1 Å². The summed E-state index contributed by atoms with van der Waals surface area (Å²) in [4.78, 5) is 0. The summed E-state index contributed by atoms with van der Waals surface area (Å²) in [7, 11) is 0. The molecule has 0 amide bonds. The average molecular weight is 232 g/mol. The van der Waals surface area contributed by atoms with Gasteiger partial charge in [-0.15, -0.1) is 0 Å². The van der Waals surface area contributed by atoms with Crippen LogP contribution in [0.2, 0.25) is 0 Å². The third-order valence-electron chi connectivity index (χ3n) is 1.70. The molecule has 0 heterocycles. The minimum absolute atomic E-state index is 0.188. The van der Waals surface area contributed by atoms with Gasteiger partial charge in [0.15, 0.2) is 0 Å². The first kappa shape index (κ1) is 9.68. The second-order valence-electron chi connectivity index (χ2n) is 2.64. The summed E-state index contributed by atoms with van der Waals surface area (Å²) in [6.07, 6.45) is 0.385. The number of alkyl halides is 1. The number of benzene rings is 1. The third-order valence-corrected chi connectivity index (χ3v) is 2.19. The Bertz CT molecular complexity index is 252. The van der Waals surface area contributed by atoms with Gasteiger partial charge >= 0.3 is 0 Å². The van der Waals surface area contributed by atoms with Crippen LogP contribution in [-0.2, 0) is 0 Å². The van der Waals surface area contributed by atoms with Gasteiger partial charge in [0.05, 0.1) is 6.67 Å². The van der Waals surface area contributed by atoms with E-state index in [0.717, 1.165) is 10.0 Å². The van der Waals surface area contributed by atoms with Crippen molar-refractivity contribution >= 4 is 15.9 Å². The number of halogens is 2. The Morgan fingerprint density at radius 1 is 1.50 bits per heavy atom. The third kappa shape index (κ3) is 2.57. The molecular formula is C9H11BrFN. The Morgan fingerprint density at radius 2 is 2.25 bits per heavy atom. The van der Waals surface area contributed by atoms with Crippen molar-refractivity contribution < 1.29 is 4.39 Å². The highest BCUT2D eigenvalue weighted by Gasteiger charge is 2.04. The summed E-state index contributed by atoms with van der Waals surface area (Å²) in [6, 6.07) is 7.46. The summed E-state index contributed by atoms with van der Waals surface area (Å²) in [5, 5.41) is 0. The number of rotatable bonds is 3. The zero-order chi connectivity index (χ0) is 8.97. The first-order valence-electron chi connectivity index (χ1n) is 3.81. The maximum atomic E-state index is 11.9. The van der Waals surface area contributed by atoms with Crippen molar-refractivity contribution in [2.45, 2.75) is 12.5 Å². The summed E-state index contributed by atoms with van der Waals surface area (Å²) in [5.41, 5.74) is 6.69. The monoisotopic (exact) mass is 231 g/mol. The van der Waals surface area contributed by atoms with Crippen molar-refractivity contribution in [1.29, 1.82) is 0 Å². The lowest BCUT2D eigenvalue weighted by molar-refractivity contribution is 0.442. The van der Waals surface area contributed by atoms with Gasteiger partial charge in [0, 0.05) is 10.5 Å². The quantitative estimate of drug-likeness (QED) is 0.851. The van der Waals surface area contributed by atoms with Gasteiger partial charge in [0.25, 0.3) is 0 Å². The zero-order valence-corrected chi connectivity index (χ0v) is 8.22. The lowest BCUT2D eigenvalue weighted by Gasteiger charge is -2.09. The fraction of sp³-hybridized carbons (Fsp3) is 0.333. The molecule has 0 radical (unpaired) electrons. The number of nitrogens with two attached hydrogens (primary N) is 1. The number of hydrogen-bond acceptors (Lipinski definition) is 1. The fourth-order valence-electron chi connectivity index (χ4n) is 1.02. The second kappa shape index (κ2) is 4.58. The standard InChI is InChI=1S/C9H11BrFN/c10-8-3-1-2-7(6-8)9(12)4-5-11/h1-3,6,9H,4-5,12H2/t9-/m1/s1. The van der Waals surface area contributed by atoms with Crippen LogP contribution in [0.4, 0.5) is 4.39 Å². The Labute approximate surface area is 79.9 Å². The van der Waals surface area contributed by atoms with Gasteiger partial charge in [-0.2, -0.15) is 0 Å². The fourth-order valence-corrected chi connectivity index (χ4v) is 1.44. The van der Waals surface area contributed by atoms with Crippen molar-refractivity contribution in [2.75, 3.05) is 6.67 Å². The molecule has 1 aromatic carbocycles. The molecule has 0 aliphatic heterocycles. The first-order chi connectivity index (χ1) is 5.74. The zero-order valence-electron chi connectivity index (χ0n) is 6.63. The summed E-state index contributed by atoms with van der Waals surface area (Å²) in [5.74, 6) is 0. The molecule has 1 rings (SSSR count). The second-order valence-corrected chi connectivity index (χ2v) is 3.55. The average Bonchev–Trinajstić information content (AvgIpc) is 2.05. The van der Waals surface area contributed by atoms with Crippen LogP contribution >= 0.6 is 15.9 Å².